The second kappa shape index (κ2) is 6.48. The molecule has 4 rings (SSSR count). The summed E-state index contributed by atoms with van der Waals surface area (Å²) in [5.41, 5.74) is 0.399. The highest BCUT2D eigenvalue weighted by Gasteiger charge is 2.45. The van der Waals surface area contributed by atoms with Crippen LogP contribution in [0.1, 0.15) is 38.6 Å². The number of hydrogen-bond donors (Lipinski definition) is 1. The van der Waals surface area contributed by atoms with Crippen LogP contribution in [0, 0.1) is 12.8 Å². The Morgan fingerprint density at radius 3 is 2.70 bits per heavy atom. The van der Waals surface area contributed by atoms with Crippen molar-refractivity contribution in [2.75, 3.05) is 6.54 Å². The molecule has 4 atom stereocenters. The van der Waals surface area contributed by atoms with Gasteiger partial charge in [0.15, 0.2) is 0 Å². The minimum Gasteiger partial charge on any atom is -0.349 e. The van der Waals surface area contributed by atoms with E-state index in [2.05, 4.69) is 17.2 Å². The summed E-state index contributed by atoms with van der Waals surface area (Å²) >= 11 is 0. The molecule has 7 heteroatoms. The second-order valence-corrected chi connectivity index (χ2v) is 7.76. The summed E-state index contributed by atoms with van der Waals surface area (Å²) in [5, 5.41) is 3.44. The number of carbonyl (C=O) groups excluding carboxylic acids is 2. The van der Waals surface area contributed by atoms with E-state index >= 15 is 0 Å². The minimum absolute atomic E-state index is 0.100. The molecule has 2 aliphatic rings. The van der Waals surface area contributed by atoms with Crippen molar-refractivity contribution in [3.05, 3.63) is 40.4 Å². The quantitative estimate of drug-likeness (QED) is 0.884. The van der Waals surface area contributed by atoms with Gasteiger partial charge < -0.3 is 10.2 Å². The van der Waals surface area contributed by atoms with Crippen LogP contribution in [0.5, 0.6) is 0 Å². The van der Waals surface area contributed by atoms with E-state index in [9.17, 15) is 14.4 Å². The van der Waals surface area contributed by atoms with Crippen molar-refractivity contribution in [3.63, 3.8) is 0 Å². The van der Waals surface area contributed by atoms with Crippen molar-refractivity contribution >= 4 is 22.7 Å². The number of likely N-dealkylation sites (tertiary alicyclic amines) is 1. The number of nitrogens with zero attached hydrogens (tertiary/aromatic N) is 3. The molecule has 2 fully saturated rings. The molecule has 1 N–H and O–H groups in total. The highest BCUT2D eigenvalue weighted by molar-refractivity contribution is 5.85. The van der Waals surface area contributed by atoms with Crippen LogP contribution in [0.2, 0.25) is 0 Å². The normalized spacial score (nSPS) is 25.7. The van der Waals surface area contributed by atoms with Gasteiger partial charge in [-0.25, -0.2) is 4.98 Å². The molecule has 0 bridgehead atoms. The third-order valence-electron chi connectivity index (χ3n) is 5.72. The molecule has 0 radical (unpaired) electrons. The molecular weight excluding hydrogens is 344 g/mol. The van der Waals surface area contributed by atoms with Crippen LogP contribution < -0.4 is 10.9 Å². The first kappa shape index (κ1) is 17.7. The lowest BCUT2D eigenvalue weighted by Gasteiger charge is -2.21. The summed E-state index contributed by atoms with van der Waals surface area (Å²) in [6.07, 6.45) is 1.37. The first-order chi connectivity index (χ1) is 12.9. The van der Waals surface area contributed by atoms with Gasteiger partial charge in [0.1, 0.15) is 11.9 Å². The van der Waals surface area contributed by atoms with Crippen LogP contribution in [0.25, 0.3) is 10.9 Å². The number of para-hydroxylation sites is 1. The van der Waals surface area contributed by atoms with Gasteiger partial charge in [0.05, 0.1) is 16.9 Å². The highest BCUT2D eigenvalue weighted by Crippen LogP contribution is 2.37. The van der Waals surface area contributed by atoms with Crippen molar-refractivity contribution in [1.29, 1.82) is 0 Å². The van der Waals surface area contributed by atoms with Crippen LogP contribution in [-0.2, 0) is 9.59 Å². The Morgan fingerprint density at radius 2 is 2.00 bits per heavy atom. The molecule has 142 valence electrons. The maximum atomic E-state index is 12.9. The number of aromatic nitrogens is 2. The third kappa shape index (κ3) is 3.11. The van der Waals surface area contributed by atoms with E-state index in [0.717, 1.165) is 6.42 Å². The Hall–Kier alpha value is -2.70. The fourth-order valence-corrected chi connectivity index (χ4v) is 4.04. The van der Waals surface area contributed by atoms with Crippen LogP contribution in [0.3, 0.4) is 0 Å². The zero-order valence-corrected chi connectivity index (χ0v) is 15.8. The Labute approximate surface area is 157 Å². The summed E-state index contributed by atoms with van der Waals surface area (Å²) in [7, 11) is 0. The van der Waals surface area contributed by atoms with E-state index in [0.29, 0.717) is 41.7 Å². The van der Waals surface area contributed by atoms with Gasteiger partial charge in [-0.05, 0) is 38.3 Å². The second-order valence-electron chi connectivity index (χ2n) is 7.76. The number of amides is 2. The van der Waals surface area contributed by atoms with Crippen LogP contribution in [0.4, 0.5) is 0 Å². The molecule has 2 heterocycles. The number of aryl methyl sites for hydroxylation is 1. The van der Waals surface area contributed by atoms with Gasteiger partial charge in [-0.15, -0.1) is 0 Å². The summed E-state index contributed by atoms with van der Waals surface area (Å²) in [6, 6.07) is 6.55. The van der Waals surface area contributed by atoms with E-state index in [1.165, 1.54) is 4.57 Å². The molecule has 7 nitrogen and oxygen atoms in total. The number of nitrogens with one attached hydrogen (secondary N) is 1. The van der Waals surface area contributed by atoms with Crippen molar-refractivity contribution in [1.82, 2.24) is 19.8 Å². The molecule has 2 aromatic rings. The number of hydrogen-bond acceptors (Lipinski definition) is 4. The van der Waals surface area contributed by atoms with E-state index in [4.69, 9.17) is 0 Å². The minimum atomic E-state index is -0.696. The fraction of sp³-hybridized carbons (Fsp3) is 0.500. The first-order valence-corrected chi connectivity index (χ1v) is 9.44. The Balaban J connectivity index is 1.52. The van der Waals surface area contributed by atoms with Crippen molar-refractivity contribution in [2.45, 2.75) is 51.7 Å². The van der Waals surface area contributed by atoms with Gasteiger partial charge in [0, 0.05) is 19.0 Å². The van der Waals surface area contributed by atoms with Crippen molar-refractivity contribution < 1.29 is 9.59 Å². The molecule has 0 spiro atoms. The van der Waals surface area contributed by atoms with Crippen molar-refractivity contribution in [3.8, 4) is 0 Å². The number of benzene rings is 1. The molecule has 1 aromatic carbocycles. The average Bonchev–Trinajstić information content (AvgIpc) is 3.24. The highest BCUT2D eigenvalue weighted by atomic mass is 16.2. The summed E-state index contributed by atoms with van der Waals surface area (Å²) in [6.45, 7) is 6.11. The SMILES string of the molecule is Cc1nc2ccccc2c(=O)n1C(C)C(=O)NC1CC(=O)N(C2CC2C)C1. The number of rotatable bonds is 4. The van der Waals surface area contributed by atoms with E-state index in [1.807, 2.05) is 11.0 Å². The monoisotopic (exact) mass is 368 g/mol. The van der Waals surface area contributed by atoms with Gasteiger partial charge in [-0.3, -0.25) is 19.0 Å². The number of fused-ring (bicyclic) bond motifs is 1. The molecular formula is C20H24N4O3. The van der Waals surface area contributed by atoms with Crippen LogP contribution in [0.15, 0.2) is 29.1 Å². The summed E-state index contributed by atoms with van der Waals surface area (Å²) in [4.78, 5) is 44.2. The number of carbonyl (C=O) groups is 2. The zero-order chi connectivity index (χ0) is 19.3. The molecule has 1 aliphatic carbocycles. The summed E-state index contributed by atoms with van der Waals surface area (Å²) in [5.74, 6) is 0.883. The maximum Gasteiger partial charge on any atom is 0.262 e. The van der Waals surface area contributed by atoms with Crippen molar-refractivity contribution in [2.24, 2.45) is 5.92 Å². The molecule has 4 unspecified atom stereocenters. The maximum absolute atomic E-state index is 12.9. The standard InChI is InChI=1S/C20H24N4O3/c1-11-8-17(11)23-10-14(9-18(23)25)22-19(26)12(2)24-13(3)21-16-7-5-4-6-15(16)20(24)27/h4-7,11-12,14,17H,8-10H2,1-3H3,(H,22,26). The first-order valence-electron chi connectivity index (χ1n) is 9.44. The third-order valence-corrected chi connectivity index (χ3v) is 5.72. The Kier molecular flexibility index (Phi) is 4.25. The van der Waals surface area contributed by atoms with Gasteiger partial charge in [-0.1, -0.05) is 19.1 Å². The molecule has 1 saturated heterocycles. The lowest BCUT2D eigenvalue weighted by molar-refractivity contribution is -0.128. The van der Waals surface area contributed by atoms with Crippen LogP contribution in [-0.4, -0.2) is 44.9 Å². The molecule has 1 saturated carbocycles. The van der Waals surface area contributed by atoms with Gasteiger partial charge in [-0.2, -0.15) is 0 Å². The topological polar surface area (TPSA) is 84.3 Å². The lowest BCUT2D eigenvalue weighted by Crippen LogP contribution is -2.43. The Bertz CT molecular complexity index is 983. The van der Waals surface area contributed by atoms with E-state index in [-0.39, 0.29) is 23.4 Å². The molecule has 1 aliphatic heterocycles. The predicted octanol–water partition coefficient (Wildman–Crippen LogP) is 1.39. The summed E-state index contributed by atoms with van der Waals surface area (Å²) < 4.78 is 1.43. The van der Waals surface area contributed by atoms with Gasteiger partial charge in [0.2, 0.25) is 11.8 Å². The van der Waals surface area contributed by atoms with E-state index < -0.39 is 6.04 Å². The molecule has 27 heavy (non-hydrogen) atoms. The smallest absolute Gasteiger partial charge is 0.262 e. The Morgan fingerprint density at radius 1 is 1.30 bits per heavy atom. The van der Waals surface area contributed by atoms with E-state index in [1.54, 1.807) is 32.0 Å². The average molecular weight is 368 g/mol. The largest absolute Gasteiger partial charge is 0.349 e. The lowest BCUT2D eigenvalue weighted by atomic mass is 10.2. The van der Waals surface area contributed by atoms with Crippen LogP contribution >= 0.6 is 0 Å². The fourth-order valence-electron chi connectivity index (χ4n) is 4.04. The zero-order valence-electron chi connectivity index (χ0n) is 15.8. The van der Waals surface area contributed by atoms with Gasteiger partial charge >= 0.3 is 0 Å². The van der Waals surface area contributed by atoms with Gasteiger partial charge in [0.25, 0.3) is 5.56 Å². The molecule has 2 amide bonds. The predicted molar refractivity (Wildman–Crippen MR) is 101 cm³/mol. The molecule has 1 aromatic heterocycles.